The van der Waals surface area contributed by atoms with Crippen LogP contribution in [0.2, 0.25) is 0 Å². The third-order valence-corrected chi connectivity index (χ3v) is 2.77. The summed E-state index contributed by atoms with van der Waals surface area (Å²) in [6, 6.07) is 0. The molecule has 2 N–H and O–H groups in total. The molecule has 16 heavy (non-hydrogen) atoms. The van der Waals surface area contributed by atoms with Crippen LogP contribution in [0, 0.1) is 17.8 Å². The van der Waals surface area contributed by atoms with E-state index in [1.807, 2.05) is 0 Å². The summed E-state index contributed by atoms with van der Waals surface area (Å²) in [6.07, 6.45) is 10.5. The van der Waals surface area contributed by atoms with Crippen molar-refractivity contribution < 1.29 is 0 Å². The molecule has 0 atom stereocenters. The van der Waals surface area contributed by atoms with Gasteiger partial charge in [-0.05, 0) is 11.8 Å². The van der Waals surface area contributed by atoms with Gasteiger partial charge in [0.05, 0.1) is 6.54 Å². The van der Waals surface area contributed by atoms with Crippen molar-refractivity contribution in [1.82, 2.24) is 10.6 Å². The van der Waals surface area contributed by atoms with Gasteiger partial charge in [-0.3, -0.25) is 0 Å². The van der Waals surface area contributed by atoms with E-state index in [4.69, 9.17) is 6.42 Å². The summed E-state index contributed by atoms with van der Waals surface area (Å²) in [5.74, 6) is 2.57. The number of hydrogen-bond donors (Lipinski definition) is 2. The topological polar surface area (TPSA) is 24.1 Å². The van der Waals surface area contributed by atoms with E-state index in [1.165, 1.54) is 25.7 Å². The van der Waals surface area contributed by atoms with Crippen molar-refractivity contribution in [3.8, 4) is 12.3 Å². The first-order valence-corrected chi connectivity index (χ1v) is 6.47. The summed E-state index contributed by atoms with van der Waals surface area (Å²) < 4.78 is 0. The number of hydrogen-bond acceptors (Lipinski definition) is 2. The highest BCUT2D eigenvalue weighted by molar-refractivity contribution is 4.86. The average Bonchev–Trinajstić information content (AvgIpc) is 2.23. The molecule has 0 heterocycles. The smallest absolute Gasteiger partial charge is 0.0574 e. The van der Waals surface area contributed by atoms with Crippen molar-refractivity contribution in [1.29, 1.82) is 0 Å². The molecule has 0 aromatic rings. The molecule has 0 aliphatic rings. The Kier molecular flexibility index (Phi) is 9.37. The molecule has 0 amide bonds. The molecular formula is C14H28N2. The molecule has 0 aliphatic heterocycles. The second-order valence-corrected chi connectivity index (χ2v) is 5.18. The van der Waals surface area contributed by atoms with Gasteiger partial charge in [-0.15, -0.1) is 6.42 Å². The van der Waals surface area contributed by atoms with Gasteiger partial charge in [0.1, 0.15) is 0 Å². The fourth-order valence-electron chi connectivity index (χ4n) is 1.71. The van der Waals surface area contributed by atoms with Crippen molar-refractivity contribution in [3.63, 3.8) is 0 Å². The van der Waals surface area contributed by atoms with Gasteiger partial charge in [-0.1, -0.05) is 46.0 Å². The Morgan fingerprint density at radius 3 is 2.44 bits per heavy atom. The fourth-order valence-corrected chi connectivity index (χ4v) is 1.71. The Morgan fingerprint density at radius 1 is 1.12 bits per heavy atom. The quantitative estimate of drug-likeness (QED) is 0.440. The molecule has 0 unspecified atom stereocenters. The molecule has 0 rings (SSSR count). The van der Waals surface area contributed by atoms with Gasteiger partial charge in [0, 0.05) is 19.6 Å². The van der Waals surface area contributed by atoms with Crippen LogP contribution in [0.25, 0.3) is 0 Å². The summed E-state index contributed by atoms with van der Waals surface area (Å²) >= 11 is 0. The SMILES string of the molecule is C#CCNCCNCC(C)(C)CCCCC. The third-order valence-electron chi connectivity index (χ3n) is 2.77. The molecule has 0 saturated carbocycles. The Morgan fingerprint density at radius 2 is 1.81 bits per heavy atom. The Hall–Kier alpha value is -0.520. The lowest BCUT2D eigenvalue weighted by Gasteiger charge is -2.25. The molecule has 0 aromatic carbocycles. The van der Waals surface area contributed by atoms with Gasteiger partial charge in [0.25, 0.3) is 0 Å². The Labute approximate surface area is 102 Å². The van der Waals surface area contributed by atoms with Gasteiger partial charge >= 0.3 is 0 Å². The zero-order valence-corrected chi connectivity index (χ0v) is 11.2. The number of rotatable bonds is 10. The molecule has 0 aliphatic carbocycles. The minimum Gasteiger partial charge on any atom is -0.315 e. The van der Waals surface area contributed by atoms with Crippen molar-refractivity contribution in [2.45, 2.75) is 46.5 Å². The molecular weight excluding hydrogens is 196 g/mol. The van der Waals surface area contributed by atoms with Crippen LogP contribution in [-0.4, -0.2) is 26.2 Å². The lowest BCUT2D eigenvalue weighted by Crippen LogP contribution is -2.34. The van der Waals surface area contributed by atoms with E-state index in [-0.39, 0.29) is 0 Å². The standard InChI is InChI=1S/C14H28N2/c1-5-7-8-9-14(3,4)13-16-12-11-15-10-6-2/h2,15-16H,5,7-13H2,1,3-4H3. The predicted molar refractivity (Wildman–Crippen MR) is 72.5 cm³/mol. The van der Waals surface area contributed by atoms with Crippen LogP contribution in [-0.2, 0) is 0 Å². The highest BCUT2D eigenvalue weighted by Crippen LogP contribution is 2.22. The van der Waals surface area contributed by atoms with E-state index >= 15 is 0 Å². The third kappa shape index (κ3) is 10.0. The van der Waals surface area contributed by atoms with Crippen LogP contribution in [0.4, 0.5) is 0 Å². The lowest BCUT2D eigenvalue weighted by molar-refractivity contribution is 0.303. The first-order valence-electron chi connectivity index (χ1n) is 6.47. The number of unbranched alkanes of at least 4 members (excludes halogenated alkanes) is 2. The van der Waals surface area contributed by atoms with Crippen molar-refractivity contribution in [2.75, 3.05) is 26.2 Å². The van der Waals surface area contributed by atoms with E-state index < -0.39 is 0 Å². The van der Waals surface area contributed by atoms with Crippen molar-refractivity contribution in [2.24, 2.45) is 5.41 Å². The molecule has 0 aromatic heterocycles. The first kappa shape index (κ1) is 15.5. The van der Waals surface area contributed by atoms with Gasteiger partial charge in [0.15, 0.2) is 0 Å². The highest BCUT2D eigenvalue weighted by Gasteiger charge is 2.15. The van der Waals surface area contributed by atoms with Crippen molar-refractivity contribution in [3.05, 3.63) is 0 Å². The zero-order chi connectivity index (χ0) is 12.3. The summed E-state index contributed by atoms with van der Waals surface area (Å²) in [6.45, 7) is 10.6. The van der Waals surface area contributed by atoms with Crippen LogP contribution < -0.4 is 10.6 Å². The highest BCUT2D eigenvalue weighted by atomic mass is 14.9. The lowest BCUT2D eigenvalue weighted by atomic mass is 9.87. The van der Waals surface area contributed by atoms with E-state index in [9.17, 15) is 0 Å². The molecule has 0 saturated heterocycles. The maximum absolute atomic E-state index is 5.15. The minimum absolute atomic E-state index is 0.418. The largest absolute Gasteiger partial charge is 0.315 e. The summed E-state index contributed by atoms with van der Waals surface area (Å²) in [5.41, 5.74) is 0.418. The second-order valence-electron chi connectivity index (χ2n) is 5.18. The van der Waals surface area contributed by atoms with Gasteiger partial charge < -0.3 is 10.6 Å². The molecule has 2 heteroatoms. The first-order chi connectivity index (χ1) is 7.62. The molecule has 0 spiro atoms. The van der Waals surface area contributed by atoms with Crippen molar-refractivity contribution >= 4 is 0 Å². The molecule has 0 radical (unpaired) electrons. The van der Waals surface area contributed by atoms with Gasteiger partial charge in [-0.2, -0.15) is 0 Å². The maximum Gasteiger partial charge on any atom is 0.0574 e. The second kappa shape index (κ2) is 9.69. The van der Waals surface area contributed by atoms with Crippen LogP contribution in [0.15, 0.2) is 0 Å². The van der Waals surface area contributed by atoms with Gasteiger partial charge in [0.2, 0.25) is 0 Å². The monoisotopic (exact) mass is 224 g/mol. The van der Waals surface area contributed by atoms with E-state index in [0.717, 1.165) is 19.6 Å². The maximum atomic E-state index is 5.15. The van der Waals surface area contributed by atoms with E-state index in [2.05, 4.69) is 37.3 Å². The molecule has 2 nitrogen and oxygen atoms in total. The summed E-state index contributed by atoms with van der Waals surface area (Å²) in [4.78, 5) is 0. The summed E-state index contributed by atoms with van der Waals surface area (Å²) in [5, 5.41) is 6.66. The summed E-state index contributed by atoms with van der Waals surface area (Å²) in [7, 11) is 0. The van der Waals surface area contributed by atoms with E-state index in [0.29, 0.717) is 12.0 Å². The fraction of sp³-hybridized carbons (Fsp3) is 0.857. The molecule has 94 valence electrons. The Bertz CT molecular complexity index is 191. The van der Waals surface area contributed by atoms with Crippen LogP contribution in [0.5, 0.6) is 0 Å². The Balaban J connectivity index is 3.39. The van der Waals surface area contributed by atoms with Crippen LogP contribution in [0.1, 0.15) is 46.5 Å². The molecule has 0 fully saturated rings. The minimum atomic E-state index is 0.418. The number of nitrogens with one attached hydrogen (secondary N) is 2. The van der Waals surface area contributed by atoms with Gasteiger partial charge in [-0.25, -0.2) is 0 Å². The van der Waals surface area contributed by atoms with Crippen LogP contribution >= 0.6 is 0 Å². The van der Waals surface area contributed by atoms with Crippen LogP contribution in [0.3, 0.4) is 0 Å². The van der Waals surface area contributed by atoms with E-state index in [1.54, 1.807) is 0 Å². The molecule has 0 bridgehead atoms. The predicted octanol–water partition coefficient (Wildman–Crippen LogP) is 2.41. The normalized spacial score (nSPS) is 11.4. The zero-order valence-electron chi connectivity index (χ0n) is 11.2. The number of terminal acetylenes is 1. The average molecular weight is 224 g/mol.